The molecule has 0 unspecified atom stereocenters. The Bertz CT molecular complexity index is 357. The first-order valence-corrected chi connectivity index (χ1v) is 5.32. The summed E-state index contributed by atoms with van der Waals surface area (Å²) in [6, 6.07) is 0. The van der Waals surface area contributed by atoms with Gasteiger partial charge in [0, 0.05) is 6.20 Å². The molecule has 0 saturated heterocycles. The number of hydrogen-bond donors (Lipinski definition) is 0. The van der Waals surface area contributed by atoms with Crippen molar-refractivity contribution < 1.29 is 0 Å². The number of nitrogens with zero attached hydrogens (tertiary/aromatic N) is 2. The number of hydrogen-bond acceptors (Lipinski definition) is 3. The lowest BCUT2D eigenvalue weighted by Crippen LogP contribution is -1.83. The molecule has 0 radical (unpaired) electrons. The van der Waals surface area contributed by atoms with Crippen molar-refractivity contribution >= 4 is 21.6 Å². The van der Waals surface area contributed by atoms with Gasteiger partial charge in [-0.3, -0.25) is 4.98 Å². The Kier molecular flexibility index (Phi) is 3.37. The fourth-order valence-electron chi connectivity index (χ4n) is 1.10. The van der Waals surface area contributed by atoms with E-state index in [1.54, 1.807) is 11.3 Å². The van der Waals surface area contributed by atoms with Gasteiger partial charge in [-0.05, 0) is 19.4 Å². The van der Waals surface area contributed by atoms with Crippen molar-refractivity contribution in [3.63, 3.8) is 0 Å². The van der Waals surface area contributed by atoms with Gasteiger partial charge in [-0.25, -0.2) is 4.98 Å². The molecule has 0 spiro atoms. The van der Waals surface area contributed by atoms with E-state index < -0.39 is 0 Å². The molecule has 70 valence electrons. The molecular weight excluding hydrogens is 180 g/mol. The largest absolute Gasteiger partial charge is 0.260 e. The van der Waals surface area contributed by atoms with Crippen molar-refractivity contribution in [2.24, 2.45) is 0 Å². The van der Waals surface area contributed by atoms with Crippen LogP contribution in [0.1, 0.15) is 25.1 Å². The molecule has 0 aliphatic heterocycles. The summed E-state index contributed by atoms with van der Waals surface area (Å²) in [5.41, 5.74) is 5.20. The third-order valence-corrected chi connectivity index (χ3v) is 2.66. The normalized spacial score (nSPS) is 9.54. The predicted molar refractivity (Wildman–Crippen MR) is 58.2 cm³/mol. The van der Waals surface area contributed by atoms with E-state index in [1.165, 1.54) is 4.70 Å². The van der Waals surface area contributed by atoms with Crippen molar-refractivity contribution in [3.8, 4) is 0 Å². The van der Waals surface area contributed by atoms with Crippen LogP contribution in [-0.4, -0.2) is 9.97 Å². The molecular formula is C10H14N2S. The van der Waals surface area contributed by atoms with Crippen molar-refractivity contribution in [3.05, 3.63) is 23.0 Å². The average molecular weight is 194 g/mol. The zero-order valence-corrected chi connectivity index (χ0v) is 9.27. The van der Waals surface area contributed by atoms with E-state index in [2.05, 4.69) is 9.97 Å². The quantitative estimate of drug-likeness (QED) is 0.643. The predicted octanol–water partition coefficient (Wildman–Crippen LogP) is 3.33. The van der Waals surface area contributed by atoms with Gasteiger partial charge in [-0.1, -0.05) is 13.8 Å². The summed E-state index contributed by atoms with van der Waals surface area (Å²) in [5.74, 6) is 0. The molecule has 3 heteroatoms. The standard InChI is InChI=1S/C8H8N2S.C2H6/c1-5-3-9-6(2)8-7(5)10-4-11-8;1-2/h3-4H,1-2H3;1-2H3. The molecule has 2 rings (SSSR count). The minimum Gasteiger partial charge on any atom is -0.260 e. The Balaban J connectivity index is 0.000000396. The third-order valence-electron chi connectivity index (χ3n) is 1.72. The topological polar surface area (TPSA) is 25.8 Å². The van der Waals surface area contributed by atoms with Gasteiger partial charge in [-0.2, -0.15) is 0 Å². The second kappa shape index (κ2) is 4.33. The molecule has 13 heavy (non-hydrogen) atoms. The number of rotatable bonds is 0. The second-order valence-corrected chi connectivity index (χ2v) is 3.41. The van der Waals surface area contributed by atoms with Crippen LogP contribution >= 0.6 is 11.3 Å². The van der Waals surface area contributed by atoms with Crippen LogP contribution in [0.2, 0.25) is 0 Å². The minimum absolute atomic E-state index is 1.08. The van der Waals surface area contributed by atoms with Crippen LogP contribution in [0.3, 0.4) is 0 Å². The van der Waals surface area contributed by atoms with E-state index in [1.807, 2.05) is 39.4 Å². The van der Waals surface area contributed by atoms with E-state index in [4.69, 9.17) is 0 Å². The maximum absolute atomic E-state index is 4.26. The van der Waals surface area contributed by atoms with Crippen molar-refractivity contribution in [2.45, 2.75) is 27.7 Å². The summed E-state index contributed by atoms with van der Waals surface area (Å²) in [5, 5.41) is 0. The van der Waals surface area contributed by atoms with Gasteiger partial charge < -0.3 is 0 Å². The van der Waals surface area contributed by atoms with E-state index >= 15 is 0 Å². The third kappa shape index (κ3) is 1.86. The summed E-state index contributed by atoms with van der Waals surface area (Å²) in [4.78, 5) is 8.51. The Hall–Kier alpha value is -0.960. The zero-order valence-electron chi connectivity index (χ0n) is 8.46. The summed E-state index contributed by atoms with van der Waals surface area (Å²) in [7, 11) is 0. The molecule has 2 aromatic heterocycles. The molecule has 0 atom stereocenters. The fourth-order valence-corrected chi connectivity index (χ4v) is 1.91. The molecule has 0 N–H and O–H groups in total. The SMILES string of the molecule is CC.Cc1cnc(C)c2scnc12. The number of pyridine rings is 1. The van der Waals surface area contributed by atoms with Crippen LogP contribution in [0, 0.1) is 13.8 Å². The lowest BCUT2D eigenvalue weighted by Gasteiger charge is -1.95. The maximum Gasteiger partial charge on any atom is 0.0874 e. The van der Waals surface area contributed by atoms with Gasteiger partial charge in [0.2, 0.25) is 0 Å². The van der Waals surface area contributed by atoms with Crippen LogP contribution in [0.4, 0.5) is 0 Å². The van der Waals surface area contributed by atoms with E-state index in [0.717, 1.165) is 16.8 Å². The molecule has 2 heterocycles. The van der Waals surface area contributed by atoms with Crippen molar-refractivity contribution in [1.29, 1.82) is 0 Å². The molecule has 0 fully saturated rings. The number of aryl methyl sites for hydroxylation is 2. The highest BCUT2D eigenvalue weighted by molar-refractivity contribution is 7.16. The highest BCUT2D eigenvalue weighted by Crippen LogP contribution is 2.22. The summed E-state index contributed by atoms with van der Waals surface area (Å²) < 4.78 is 1.21. The average Bonchev–Trinajstić information content (AvgIpc) is 2.64. The van der Waals surface area contributed by atoms with Gasteiger partial charge in [0.25, 0.3) is 0 Å². The fraction of sp³-hybridized carbons (Fsp3) is 0.400. The van der Waals surface area contributed by atoms with Crippen LogP contribution in [0.25, 0.3) is 10.2 Å². The van der Waals surface area contributed by atoms with Crippen LogP contribution in [0.15, 0.2) is 11.7 Å². The molecule has 0 bridgehead atoms. The number of fused-ring (bicyclic) bond motifs is 1. The number of thiazole rings is 1. The van der Waals surface area contributed by atoms with Crippen molar-refractivity contribution in [1.82, 2.24) is 9.97 Å². The maximum atomic E-state index is 4.26. The summed E-state index contributed by atoms with van der Waals surface area (Å²) in [6.45, 7) is 8.05. The van der Waals surface area contributed by atoms with E-state index in [-0.39, 0.29) is 0 Å². The Morgan fingerprint density at radius 3 is 2.46 bits per heavy atom. The Morgan fingerprint density at radius 1 is 1.15 bits per heavy atom. The van der Waals surface area contributed by atoms with Gasteiger partial charge in [0.05, 0.1) is 21.4 Å². The van der Waals surface area contributed by atoms with Gasteiger partial charge >= 0.3 is 0 Å². The van der Waals surface area contributed by atoms with E-state index in [9.17, 15) is 0 Å². The second-order valence-electron chi connectivity index (χ2n) is 2.56. The lowest BCUT2D eigenvalue weighted by atomic mass is 10.2. The monoisotopic (exact) mass is 194 g/mol. The highest BCUT2D eigenvalue weighted by atomic mass is 32.1. The first kappa shape index (κ1) is 10.1. The number of aromatic nitrogens is 2. The molecule has 2 aromatic rings. The van der Waals surface area contributed by atoms with Crippen LogP contribution < -0.4 is 0 Å². The molecule has 0 amide bonds. The van der Waals surface area contributed by atoms with Gasteiger partial charge in [0.15, 0.2) is 0 Å². The summed E-state index contributed by atoms with van der Waals surface area (Å²) >= 11 is 1.65. The van der Waals surface area contributed by atoms with Crippen molar-refractivity contribution in [2.75, 3.05) is 0 Å². The van der Waals surface area contributed by atoms with Gasteiger partial charge in [0.1, 0.15) is 0 Å². The van der Waals surface area contributed by atoms with Crippen LogP contribution in [-0.2, 0) is 0 Å². The first-order chi connectivity index (χ1) is 6.29. The first-order valence-electron chi connectivity index (χ1n) is 4.44. The van der Waals surface area contributed by atoms with Gasteiger partial charge in [-0.15, -0.1) is 11.3 Å². The molecule has 0 aromatic carbocycles. The van der Waals surface area contributed by atoms with E-state index in [0.29, 0.717) is 0 Å². The Morgan fingerprint density at radius 2 is 1.85 bits per heavy atom. The summed E-state index contributed by atoms with van der Waals surface area (Å²) in [6.07, 6.45) is 1.87. The Labute approximate surface area is 82.7 Å². The molecule has 0 aliphatic carbocycles. The van der Waals surface area contributed by atoms with Crippen LogP contribution in [0.5, 0.6) is 0 Å². The molecule has 2 nitrogen and oxygen atoms in total. The lowest BCUT2D eigenvalue weighted by molar-refractivity contribution is 1.21. The molecule has 0 aliphatic rings. The minimum atomic E-state index is 1.08. The highest BCUT2D eigenvalue weighted by Gasteiger charge is 2.02. The smallest absolute Gasteiger partial charge is 0.0874 e. The zero-order chi connectivity index (χ0) is 9.84. The molecule has 0 saturated carbocycles.